The minimum absolute atomic E-state index is 0.0458. The normalized spacial score (nSPS) is 16.8. The maximum atomic E-state index is 12.3. The van der Waals surface area contributed by atoms with Gasteiger partial charge >= 0.3 is 12.1 Å². The third-order valence-electron chi connectivity index (χ3n) is 3.91. The molecule has 1 saturated heterocycles. The van der Waals surface area contributed by atoms with Crippen molar-refractivity contribution in [3.05, 3.63) is 23.9 Å². The van der Waals surface area contributed by atoms with E-state index in [0.29, 0.717) is 37.5 Å². The summed E-state index contributed by atoms with van der Waals surface area (Å²) in [5.41, 5.74) is 0.555. The van der Waals surface area contributed by atoms with Crippen LogP contribution in [0.2, 0.25) is 0 Å². The van der Waals surface area contributed by atoms with Gasteiger partial charge in [0, 0.05) is 6.07 Å². The van der Waals surface area contributed by atoms with Crippen molar-refractivity contribution < 1.29 is 27.4 Å². The van der Waals surface area contributed by atoms with E-state index in [2.05, 4.69) is 4.98 Å². The molecule has 0 aromatic carbocycles. The van der Waals surface area contributed by atoms with Crippen molar-refractivity contribution in [3.8, 4) is 5.88 Å². The summed E-state index contributed by atoms with van der Waals surface area (Å²) in [7, 11) is 1.50. The van der Waals surface area contributed by atoms with Crippen molar-refractivity contribution in [3.63, 3.8) is 0 Å². The first-order valence-electron chi connectivity index (χ1n) is 7.80. The van der Waals surface area contributed by atoms with Gasteiger partial charge < -0.3 is 9.47 Å². The summed E-state index contributed by atoms with van der Waals surface area (Å²) in [6.07, 6.45) is -2.92. The minimum atomic E-state index is -4.16. The standard InChI is InChI=1S/C16H21F3N2O3/c1-23-14-4-2-3-13(20-14)9-15(22)24-10-12-5-7-21(8-6-12)11-16(17,18)19/h2-4,12H,5-11H2,1H3. The lowest BCUT2D eigenvalue weighted by molar-refractivity contribution is -0.150. The Labute approximate surface area is 138 Å². The number of nitrogens with zero attached hydrogens (tertiary/aromatic N) is 2. The van der Waals surface area contributed by atoms with Crippen LogP contribution in [-0.2, 0) is 16.0 Å². The number of hydrogen-bond donors (Lipinski definition) is 0. The molecule has 1 aromatic heterocycles. The lowest BCUT2D eigenvalue weighted by Crippen LogP contribution is -2.41. The van der Waals surface area contributed by atoms with Gasteiger partial charge in [0.05, 0.1) is 32.4 Å². The van der Waals surface area contributed by atoms with E-state index in [9.17, 15) is 18.0 Å². The number of likely N-dealkylation sites (tertiary alicyclic amines) is 1. The van der Waals surface area contributed by atoms with Gasteiger partial charge in [0.1, 0.15) is 0 Å². The number of carbonyl (C=O) groups is 1. The van der Waals surface area contributed by atoms with Crippen molar-refractivity contribution in [2.45, 2.75) is 25.4 Å². The monoisotopic (exact) mass is 346 g/mol. The van der Waals surface area contributed by atoms with Crippen molar-refractivity contribution in [2.24, 2.45) is 5.92 Å². The van der Waals surface area contributed by atoms with Crippen LogP contribution >= 0.6 is 0 Å². The maximum Gasteiger partial charge on any atom is 0.401 e. The number of alkyl halides is 3. The summed E-state index contributed by atoms with van der Waals surface area (Å²) in [4.78, 5) is 17.4. The second-order valence-corrected chi connectivity index (χ2v) is 5.87. The second-order valence-electron chi connectivity index (χ2n) is 5.87. The highest BCUT2D eigenvalue weighted by molar-refractivity contribution is 5.72. The molecule has 5 nitrogen and oxygen atoms in total. The lowest BCUT2D eigenvalue weighted by atomic mass is 9.98. The molecule has 1 fully saturated rings. The molecule has 1 aliphatic rings. The van der Waals surface area contributed by atoms with Crippen LogP contribution in [0.3, 0.4) is 0 Å². The molecule has 2 rings (SSSR count). The molecule has 0 atom stereocenters. The minimum Gasteiger partial charge on any atom is -0.481 e. The number of rotatable bonds is 6. The molecule has 0 bridgehead atoms. The van der Waals surface area contributed by atoms with Crippen LogP contribution in [-0.4, -0.2) is 55.4 Å². The second kappa shape index (κ2) is 8.32. The Morgan fingerprint density at radius 1 is 1.33 bits per heavy atom. The molecule has 0 spiro atoms. The van der Waals surface area contributed by atoms with Crippen molar-refractivity contribution in [1.82, 2.24) is 9.88 Å². The molecule has 0 saturated carbocycles. The molecule has 0 unspecified atom stereocenters. The summed E-state index contributed by atoms with van der Waals surface area (Å²) in [5.74, 6) is 0.141. The topological polar surface area (TPSA) is 51.7 Å². The van der Waals surface area contributed by atoms with Gasteiger partial charge in [-0.15, -0.1) is 0 Å². The van der Waals surface area contributed by atoms with Crippen LogP contribution in [0.4, 0.5) is 13.2 Å². The summed E-state index contributed by atoms with van der Waals surface area (Å²) in [6.45, 7) is 0.113. The average Bonchev–Trinajstić information content (AvgIpc) is 2.53. The first-order chi connectivity index (χ1) is 11.4. The number of ether oxygens (including phenoxy) is 2. The smallest absolute Gasteiger partial charge is 0.401 e. The number of methoxy groups -OCH3 is 1. The van der Waals surface area contributed by atoms with Crippen LogP contribution in [0.25, 0.3) is 0 Å². The molecule has 0 radical (unpaired) electrons. The van der Waals surface area contributed by atoms with E-state index in [-0.39, 0.29) is 18.9 Å². The third kappa shape index (κ3) is 6.35. The summed E-state index contributed by atoms with van der Waals surface area (Å²) in [6, 6.07) is 5.13. The predicted molar refractivity (Wildman–Crippen MR) is 80.7 cm³/mol. The van der Waals surface area contributed by atoms with E-state index in [1.54, 1.807) is 18.2 Å². The van der Waals surface area contributed by atoms with E-state index in [0.717, 1.165) is 0 Å². The Kier molecular flexibility index (Phi) is 6.42. The van der Waals surface area contributed by atoms with E-state index < -0.39 is 18.7 Å². The fraction of sp³-hybridized carbons (Fsp3) is 0.625. The molecule has 8 heteroatoms. The van der Waals surface area contributed by atoms with E-state index in [4.69, 9.17) is 9.47 Å². The number of piperidine rings is 1. The van der Waals surface area contributed by atoms with Crippen molar-refractivity contribution >= 4 is 5.97 Å². The Bertz CT molecular complexity index is 544. The summed E-state index contributed by atoms with van der Waals surface area (Å²) in [5, 5.41) is 0. The van der Waals surface area contributed by atoms with Gasteiger partial charge in [0.15, 0.2) is 0 Å². The van der Waals surface area contributed by atoms with Crippen molar-refractivity contribution in [1.29, 1.82) is 0 Å². The summed E-state index contributed by atoms with van der Waals surface area (Å²) < 4.78 is 47.2. The largest absolute Gasteiger partial charge is 0.481 e. The van der Waals surface area contributed by atoms with Crippen LogP contribution in [0.15, 0.2) is 18.2 Å². The zero-order valence-corrected chi connectivity index (χ0v) is 13.5. The number of carbonyl (C=O) groups excluding carboxylic acids is 1. The molecule has 1 aromatic rings. The van der Waals surface area contributed by atoms with Gasteiger partial charge in [0.25, 0.3) is 0 Å². The molecule has 0 aliphatic carbocycles. The van der Waals surface area contributed by atoms with Gasteiger partial charge in [0.2, 0.25) is 5.88 Å². The fourth-order valence-electron chi connectivity index (χ4n) is 2.64. The first kappa shape index (κ1) is 18.5. The summed E-state index contributed by atoms with van der Waals surface area (Å²) >= 11 is 0. The number of pyridine rings is 1. The third-order valence-corrected chi connectivity index (χ3v) is 3.91. The zero-order chi connectivity index (χ0) is 17.6. The van der Waals surface area contributed by atoms with Crippen LogP contribution in [0.5, 0.6) is 5.88 Å². The molecular weight excluding hydrogens is 325 g/mol. The number of esters is 1. The van der Waals surface area contributed by atoms with Crippen LogP contribution < -0.4 is 4.74 Å². The Balaban J connectivity index is 1.69. The van der Waals surface area contributed by atoms with Gasteiger partial charge in [-0.3, -0.25) is 9.69 Å². The highest BCUT2D eigenvalue weighted by atomic mass is 19.4. The maximum absolute atomic E-state index is 12.3. The first-order valence-corrected chi connectivity index (χ1v) is 7.80. The number of hydrogen-bond acceptors (Lipinski definition) is 5. The highest BCUT2D eigenvalue weighted by Gasteiger charge is 2.32. The molecular formula is C16H21F3N2O3. The molecule has 24 heavy (non-hydrogen) atoms. The van der Waals surface area contributed by atoms with Gasteiger partial charge in [-0.2, -0.15) is 13.2 Å². The van der Waals surface area contributed by atoms with Gasteiger partial charge in [-0.05, 0) is 37.9 Å². The SMILES string of the molecule is COc1cccc(CC(=O)OCC2CCN(CC(F)(F)F)CC2)n1. The highest BCUT2D eigenvalue weighted by Crippen LogP contribution is 2.22. The van der Waals surface area contributed by atoms with E-state index >= 15 is 0 Å². The quantitative estimate of drug-likeness (QED) is 0.741. The Hall–Kier alpha value is -1.83. The molecule has 0 N–H and O–H groups in total. The number of aromatic nitrogens is 1. The molecule has 134 valence electrons. The van der Waals surface area contributed by atoms with Gasteiger partial charge in [-0.1, -0.05) is 6.07 Å². The molecule has 2 heterocycles. The van der Waals surface area contributed by atoms with E-state index in [1.165, 1.54) is 12.0 Å². The van der Waals surface area contributed by atoms with Crippen LogP contribution in [0, 0.1) is 5.92 Å². The number of halogens is 3. The van der Waals surface area contributed by atoms with Crippen LogP contribution in [0.1, 0.15) is 18.5 Å². The predicted octanol–water partition coefficient (Wildman–Crippen LogP) is 2.45. The Morgan fingerprint density at radius 3 is 2.67 bits per heavy atom. The zero-order valence-electron chi connectivity index (χ0n) is 13.5. The average molecular weight is 346 g/mol. The Morgan fingerprint density at radius 2 is 2.04 bits per heavy atom. The molecule has 0 amide bonds. The fourth-order valence-corrected chi connectivity index (χ4v) is 2.64. The van der Waals surface area contributed by atoms with Crippen molar-refractivity contribution in [2.75, 3.05) is 33.4 Å². The lowest BCUT2D eigenvalue weighted by Gasteiger charge is -2.31. The molecule has 1 aliphatic heterocycles. The van der Waals surface area contributed by atoms with Gasteiger partial charge in [-0.25, -0.2) is 4.98 Å². The van der Waals surface area contributed by atoms with E-state index in [1.807, 2.05) is 0 Å².